The third-order valence-electron chi connectivity index (χ3n) is 4.45. The largest absolute Gasteiger partial charge is 0.489 e. The lowest BCUT2D eigenvalue weighted by atomic mass is 10.2. The minimum Gasteiger partial charge on any atom is -0.489 e. The molecule has 1 aromatic heterocycles. The summed E-state index contributed by atoms with van der Waals surface area (Å²) >= 11 is 0. The zero-order chi connectivity index (χ0) is 19.4. The average molecular weight is 391 g/mol. The molecule has 1 unspecified atom stereocenters. The molecule has 3 rings (SSSR count). The van der Waals surface area contributed by atoms with Crippen LogP contribution in [-0.4, -0.2) is 48.6 Å². The second-order valence-corrected chi connectivity index (χ2v) is 9.12. The summed E-state index contributed by atoms with van der Waals surface area (Å²) in [6, 6.07) is 9.50. The monoisotopic (exact) mass is 390 g/mol. The zero-order valence-corrected chi connectivity index (χ0v) is 16.7. The summed E-state index contributed by atoms with van der Waals surface area (Å²) in [5.74, 6) is 2.53. The summed E-state index contributed by atoms with van der Waals surface area (Å²) in [6.45, 7) is 6.65. The first-order chi connectivity index (χ1) is 12.9. The van der Waals surface area contributed by atoms with E-state index in [9.17, 15) is 8.42 Å². The Labute approximate surface area is 160 Å². The van der Waals surface area contributed by atoms with Gasteiger partial charge in [-0.25, -0.2) is 18.4 Å². The normalized spacial score (nSPS) is 18.4. The lowest BCUT2D eigenvalue weighted by Gasteiger charge is -2.28. The molecule has 0 radical (unpaired) electrons. The summed E-state index contributed by atoms with van der Waals surface area (Å²) in [7, 11) is -2.95. The highest BCUT2D eigenvalue weighted by Gasteiger charge is 2.32. The molecule has 8 heteroatoms. The standard InChI is InChI=1S/C19H26N4O3S/c1-4-23(15-9-10-27(24,25)12-15)19-11-18(20-13-21-19)22-16-7-5-6-8-17(16)26-14(2)3/h5-8,11,13-15H,4,9-10,12H2,1-3H3,(H,20,21,22). The third-order valence-corrected chi connectivity index (χ3v) is 6.20. The Bertz CT molecular complexity index is 886. The first kappa shape index (κ1) is 19.4. The van der Waals surface area contributed by atoms with Gasteiger partial charge in [0.2, 0.25) is 0 Å². The Hall–Kier alpha value is -2.35. The van der Waals surface area contributed by atoms with Gasteiger partial charge in [0.05, 0.1) is 23.3 Å². The number of ether oxygens (including phenoxy) is 1. The van der Waals surface area contributed by atoms with Crippen LogP contribution < -0.4 is 15.0 Å². The molecule has 0 spiro atoms. The van der Waals surface area contributed by atoms with E-state index in [-0.39, 0.29) is 23.7 Å². The van der Waals surface area contributed by atoms with Crippen molar-refractivity contribution in [3.05, 3.63) is 36.7 Å². The van der Waals surface area contributed by atoms with Gasteiger partial charge in [-0.2, -0.15) is 0 Å². The fourth-order valence-electron chi connectivity index (χ4n) is 3.27. The molecule has 1 fully saturated rings. The van der Waals surface area contributed by atoms with Gasteiger partial charge in [0.1, 0.15) is 23.7 Å². The second kappa shape index (κ2) is 8.12. The van der Waals surface area contributed by atoms with E-state index in [4.69, 9.17) is 4.74 Å². The topological polar surface area (TPSA) is 84.4 Å². The average Bonchev–Trinajstić information content (AvgIpc) is 2.97. The Balaban J connectivity index is 1.82. The minimum absolute atomic E-state index is 0.0423. The van der Waals surface area contributed by atoms with Crippen LogP contribution in [0.3, 0.4) is 0 Å². The van der Waals surface area contributed by atoms with E-state index in [1.54, 1.807) is 0 Å². The van der Waals surface area contributed by atoms with E-state index in [1.807, 2.05) is 56.0 Å². The Morgan fingerprint density at radius 1 is 1.30 bits per heavy atom. The summed E-state index contributed by atoms with van der Waals surface area (Å²) in [4.78, 5) is 10.7. The Kier molecular flexibility index (Phi) is 5.84. The van der Waals surface area contributed by atoms with Crippen molar-refractivity contribution in [2.45, 2.75) is 39.3 Å². The number of para-hydroxylation sites is 2. The van der Waals surface area contributed by atoms with Crippen molar-refractivity contribution in [1.29, 1.82) is 0 Å². The Morgan fingerprint density at radius 3 is 2.74 bits per heavy atom. The lowest BCUT2D eigenvalue weighted by molar-refractivity contribution is 0.244. The van der Waals surface area contributed by atoms with Gasteiger partial charge in [0, 0.05) is 18.7 Å². The first-order valence-corrected chi connectivity index (χ1v) is 11.0. The van der Waals surface area contributed by atoms with Gasteiger partial charge >= 0.3 is 0 Å². The van der Waals surface area contributed by atoms with Crippen molar-refractivity contribution in [3.8, 4) is 5.75 Å². The minimum atomic E-state index is -2.95. The van der Waals surface area contributed by atoms with Crippen LogP contribution in [0, 0.1) is 0 Å². The smallest absolute Gasteiger partial charge is 0.152 e. The van der Waals surface area contributed by atoms with Crippen molar-refractivity contribution in [2.24, 2.45) is 0 Å². The number of nitrogens with one attached hydrogen (secondary N) is 1. The molecule has 0 aliphatic carbocycles. The number of hydrogen-bond acceptors (Lipinski definition) is 7. The predicted molar refractivity (Wildman–Crippen MR) is 108 cm³/mol. The number of hydrogen-bond donors (Lipinski definition) is 1. The molecule has 146 valence electrons. The van der Waals surface area contributed by atoms with E-state index < -0.39 is 9.84 Å². The van der Waals surface area contributed by atoms with Crippen LogP contribution in [0.4, 0.5) is 17.3 Å². The molecule has 7 nitrogen and oxygen atoms in total. The van der Waals surface area contributed by atoms with E-state index in [0.29, 0.717) is 18.8 Å². The summed E-state index contributed by atoms with van der Waals surface area (Å²) in [5.41, 5.74) is 0.822. The van der Waals surface area contributed by atoms with Crippen molar-refractivity contribution in [2.75, 3.05) is 28.3 Å². The molecule has 27 heavy (non-hydrogen) atoms. The number of aromatic nitrogens is 2. The van der Waals surface area contributed by atoms with Crippen molar-refractivity contribution >= 4 is 27.2 Å². The van der Waals surface area contributed by atoms with Crippen LogP contribution in [0.5, 0.6) is 5.75 Å². The highest BCUT2D eigenvalue weighted by Crippen LogP contribution is 2.29. The van der Waals surface area contributed by atoms with Gasteiger partial charge in [-0.15, -0.1) is 0 Å². The summed E-state index contributed by atoms with van der Waals surface area (Å²) < 4.78 is 29.5. The van der Waals surface area contributed by atoms with Gasteiger partial charge in [-0.3, -0.25) is 0 Å². The molecule has 0 saturated carbocycles. The number of nitrogens with zero attached hydrogens (tertiary/aromatic N) is 3. The lowest BCUT2D eigenvalue weighted by Crippen LogP contribution is -2.36. The van der Waals surface area contributed by atoms with Crippen LogP contribution in [0.15, 0.2) is 36.7 Å². The van der Waals surface area contributed by atoms with Crippen molar-refractivity contribution < 1.29 is 13.2 Å². The molecule has 0 bridgehead atoms. The van der Waals surface area contributed by atoms with Crippen LogP contribution in [0.25, 0.3) is 0 Å². The molecule has 2 heterocycles. The van der Waals surface area contributed by atoms with Crippen LogP contribution in [0.2, 0.25) is 0 Å². The van der Waals surface area contributed by atoms with E-state index in [2.05, 4.69) is 15.3 Å². The molecule has 0 amide bonds. The Morgan fingerprint density at radius 2 is 2.07 bits per heavy atom. The molecule has 1 aromatic carbocycles. The zero-order valence-electron chi connectivity index (χ0n) is 15.9. The van der Waals surface area contributed by atoms with Crippen molar-refractivity contribution in [1.82, 2.24) is 9.97 Å². The third kappa shape index (κ3) is 4.88. The number of benzene rings is 1. The summed E-state index contributed by atoms with van der Waals surface area (Å²) in [5, 5.41) is 3.28. The van der Waals surface area contributed by atoms with Crippen LogP contribution in [0.1, 0.15) is 27.2 Å². The molecular weight excluding hydrogens is 364 g/mol. The molecule has 1 saturated heterocycles. The quantitative estimate of drug-likeness (QED) is 0.778. The highest BCUT2D eigenvalue weighted by atomic mass is 32.2. The number of sulfone groups is 1. The molecule has 1 aliphatic rings. The van der Waals surface area contributed by atoms with Gasteiger partial charge in [0.15, 0.2) is 9.84 Å². The van der Waals surface area contributed by atoms with Gasteiger partial charge in [0.25, 0.3) is 0 Å². The molecule has 1 aliphatic heterocycles. The van der Waals surface area contributed by atoms with Crippen LogP contribution >= 0.6 is 0 Å². The van der Waals surface area contributed by atoms with Gasteiger partial charge in [-0.1, -0.05) is 12.1 Å². The first-order valence-electron chi connectivity index (χ1n) is 9.20. The fourth-order valence-corrected chi connectivity index (χ4v) is 5.00. The SMILES string of the molecule is CCN(c1cc(Nc2ccccc2OC(C)C)ncn1)C1CCS(=O)(=O)C1. The maximum atomic E-state index is 11.8. The maximum absolute atomic E-state index is 11.8. The maximum Gasteiger partial charge on any atom is 0.152 e. The number of rotatable bonds is 7. The predicted octanol–water partition coefficient (Wildman–Crippen LogP) is 3.02. The molecular formula is C19H26N4O3S. The van der Waals surface area contributed by atoms with Gasteiger partial charge < -0.3 is 15.0 Å². The summed E-state index contributed by atoms with van der Waals surface area (Å²) in [6.07, 6.45) is 2.19. The van der Waals surface area contributed by atoms with E-state index >= 15 is 0 Å². The second-order valence-electron chi connectivity index (χ2n) is 6.89. The van der Waals surface area contributed by atoms with Crippen LogP contribution in [-0.2, 0) is 9.84 Å². The van der Waals surface area contributed by atoms with Crippen molar-refractivity contribution in [3.63, 3.8) is 0 Å². The highest BCUT2D eigenvalue weighted by molar-refractivity contribution is 7.91. The van der Waals surface area contributed by atoms with Gasteiger partial charge in [-0.05, 0) is 39.3 Å². The number of anilines is 3. The molecule has 2 aromatic rings. The molecule has 1 N–H and O–H groups in total. The fraction of sp³-hybridized carbons (Fsp3) is 0.474. The van der Waals surface area contributed by atoms with E-state index in [1.165, 1.54) is 6.33 Å². The molecule has 1 atom stereocenters. The van der Waals surface area contributed by atoms with E-state index in [0.717, 1.165) is 17.3 Å².